The first kappa shape index (κ1) is 12.5. The Morgan fingerprint density at radius 1 is 1.32 bits per heavy atom. The molecule has 0 saturated heterocycles. The van der Waals surface area contributed by atoms with Crippen molar-refractivity contribution < 1.29 is 12.8 Å². The van der Waals surface area contributed by atoms with Gasteiger partial charge in [0.2, 0.25) is 0 Å². The van der Waals surface area contributed by atoms with Crippen LogP contribution in [0.15, 0.2) is 40.3 Å². The molecule has 8 heteroatoms. The van der Waals surface area contributed by atoms with Crippen LogP contribution in [0.25, 0.3) is 22.2 Å². The average molecular weight is 317 g/mol. The van der Waals surface area contributed by atoms with E-state index in [4.69, 9.17) is 26.7 Å². The lowest BCUT2D eigenvalue weighted by Crippen LogP contribution is -1.88. The van der Waals surface area contributed by atoms with Crippen LogP contribution in [0, 0.1) is 0 Å². The van der Waals surface area contributed by atoms with E-state index in [0.29, 0.717) is 27.2 Å². The van der Waals surface area contributed by atoms with Crippen LogP contribution in [0.5, 0.6) is 0 Å². The lowest BCUT2D eigenvalue weighted by atomic mass is 10.1. The molecule has 0 fully saturated rings. The fourth-order valence-electron chi connectivity index (χ4n) is 1.94. The fraction of sp³-hybridized carbons (Fsp3) is 0. The molecule has 19 heavy (non-hydrogen) atoms. The fourth-order valence-corrected chi connectivity index (χ4v) is 3.21. The predicted molar refractivity (Wildman–Crippen MR) is 71.8 cm³/mol. The Bertz CT molecular complexity index is 854. The molecule has 0 aliphatic rings. The molecule has 2 aromatic heterocycles. The highest BCUT2D eigenvalue weighted by Crippen LogP contribution is 2.36. The van der Waals surface area contributed by atoms with Gasteiger partial charge in [0, 0.05) is 27.8 Å². The highest BCUT2D eigenvalue weighted by atomic mass is 35.7. The van der Waals surface area contributed by atoms with E-state index in [1.165, 1.54) is 18.9 Å². The Labute approximate surface area is 117 Å². The van der Waals surface area contributed by atoms with Gasteiger partial charge in [-0.1, -0.05) is 11.6 Å². The lowest BCUT2D eigenvalue weighted by molar-refractivity contribution is 0.558. The number of aromatic nitrogens is 2. The highest BCUT2D eigenvalue weighted by molar-refractivity contribution is 8.14. The van der Waals surface area contributed by atoms with Gasteiger partial charge in [-0.25, -0.2) is 13.4 Å². The van der Waals surface area contributed by atoms with Gasteiger partial charge in [-0.3, -0.25) is 0 Å². The summed E-state index contributed by atoms with van der Waals surface area (Å²) >= 11 is 6.13. The van der Waals surface area contributed by atoms with Crippen LogP contribution < -0.4 is 0 Å². The van der Waals surface area contributed by atoms with Crippen LogP contribution in [0.1, 0.15) is 0 Å². The summed E-state index contributed by atoms with van der Waals surface area (Å²) in [5.74, 6) is 0. The molecule has 0 radical (unpaired) electrons. The lowest BCUT2D eigenvalue weighted by Gasteiger charge is -2.02. The van der Waals surface area contributed by atoms with Crippen molar-refractivity contribution in [3.63, 3.8) is 0 Å². The molecule has 0 aliphatic carbocycles. The zero-order valence-corrected chi connectivity index (χ0v) is 11.6. The van der Waals surface area contributed by atoms with Gasteiger partial charge in [0.05, 0.1) is 10.5 Å². The Morgan fingerprint density at radius 2 is 2.11 bits per heavy atom. The molecular formula is C11H6Cl2N2O3S. The van der Waals surface area contributed by atoms with Crippen LogP contribution in [0.4, 0.5) is 0 Å². The van der Waals surface area contributed by atoms with E-state index in [0.717, 1.165) is 0 Å². The van der Waals surface area contributed by atoms with Gasteiger partial charge in [-0.05, 0) is 12.1 Å². The summed E-state index contributed by atoms with van der Waals surface area (Å²) in [5, 5.41) is 0.888. The molecule has 1 N–H and O–H groups in total. The van der Waals surface area contributed by atoms with Crippen molar-refractivity contribution in [3.05, 3.63) is 36.0 Å². The first-order valence-corrected chi connectivity index (χ1v) is 7.80. The average Bonchev–Trinajstić information content (AvgIpc) is 2.94. The Kier molecular flexibility index (Phi) is 2.81. The van der Waals surface area contributed by atoms with Crippen LogP contribution in [-0.4, -0.2) is 18.4 Å². The smallest absolute Gasteiger partial charge is 0.263 e. The summed E-state index contributed by atoms with van der Waals surface area (Å²) in [4.78, 5) is 6.88. The number of oxazole rings is 1. The topological polar surface area (TPSA) is 76.0 Å². The normalized spacial score (nSPS) is 12.1. The maximum Gasteiger partial charge on any atom is 0.263 e. The minimum atomic E-state index is -3.83. The van der Waals surface area contributed by atoms with Crippen LogP contribution in [0.3, 0.4) is 0 Å². The van der Waals surface area contributed by atoms with E-state index in [2.05, 4.69) is 9.97 Å². The third-order valence-corrected chi connectivity index (χ3v) is 4.40. The zero-order valence-electron chi connectivity index (χ0n) is 9.22. The van der Waals surface area contributed by atoms with E-state index >= 15 is 0 Å². The Morgan fingerprint density at radius 3 is 2.74 bits per heavy atom. The van der Waals surface area contributed by atoms with Crippen molar-refractivity contribution in [2.45, 2.75) is 4.90 Å². The van der Waals surface area contributed by atoms with Crippen LogP contribution in [-0.2, 0) is 9.05 Å². The monoisotopic (exact) mass is 316 g/mol. The van der Waals surface area contributed by atoms with E-state index in [1.54, 1.807) is 12.1 Å². The molecule has 0 aliphatic heterocycles. The van der Waals surface area contributed by atoms with Crippen molar-refractivity contribution in [2.75, 3.05) is 0 Å². The van der Waals surface area contributed by atoms with Crippen molar-refractivity contribution in [3.8, 4) is 11.3 Å². The Hall–Kier alpha value is -1.50. The number of hydrogen-bond donors (Lipinski definition) is 1. The van der Waals surface area contributed by atoms with Gasteiger partial charge in [0.25, 0.3) is 9.05 Å². The third-order valence-electron chi connectivity index (χ3n) is 2.72. The number of nitrogens with one attached hydrogen (secondary N) is 1. The van der Waals surface area contributed by atoms with Gasteiger partial charge in [-0.15, -0.1) is 0 Å². The number of nitrogens with zero attached hydrogens (tertiary/aromatic N) is 1. The molecule has 0 unspecified atom stereocenters. The highest BCUT2D eigenvalue weighted by Gasteiger charge is 2.20. The first-order chi connectivity index (χ1) is 8.98. The second-order valence-electron chi connectivity index (χ2n) is 3.81. The molecule has 5 nitrogen and oxygen atoms in total. The summed E-state index contributed by atoms with van der Waals surface area (Å²) in [6, 6.07) is 3.18. The maximum absolute atomic E-state index is 11.5. The third kappa shape index (κ3) is 2.01. The molecule has 0 saturated carbocycles. The van der Waals surface area contributed by atoms with Gasteiger partial charge in [-0.2, -0.15) is 0 Å². The maximum atomic E-state index is 11.5. The van der Waals surface area contributed by atoms with Gasteiger partial charge < -0.3 is 9.40 Å². The molecule has 0 atom stereocenters. The first-order valence-electron chi connectivity index (χ1n) is 5.11. The minimum Gasteiger partial charge on any atom is -0.451 e. The van der Waals surface area contributed by atoms with Crippen molar-refractivity contribution in [2.24, 2.45) is 0 Å². The van der Waals surface area contributed by atoms with E-state index in [-0.39, 0.29) is 4.90 Å². The second kappa shape index (κ2) is 4.26. The Balaban J connectivity index is 2.41. The number of H-pyrrole nitrogens is 1. The van der Waals surface area contributed by atoms with E-state index in [9.17, 15) is 8.42 Å². The molecule has 2 heterocycles. The summed E-state index contributed by atoms with van der Waals surface area (Å²) in [6.45, 7) is 0. The SMILES string of the molecule is O=S(=O)(Cl)c1c[nH]c2c(-c3cocn3)c(Cl)ccc12. The minimum absolute atomic E-state index is 0.00517. The zero-order chi connectivity index (χ0) is 13.6. The molecule has 1 aromatic carbocycles. The van der Waals surface area contributed by atoms with Gasteiger partial charge in [0.15, 0.2) is 6.39 Å². The number of fused-ring (bicyclic) bond motifs is 1. The standard InChI is InChI=1S/C11H6Cl2N2O3S/c12-7-2-1-6-9(19(13,16)17)3-14-11(6)10(7)8-4-18-5-15-8/h1-5,14H. The molecular weight excluding hydrogens is 311 g/mol. The van der Waals surface area contributed by atoms with Gasteiger partial charge >= 0.3 is 0 Å². The molecule has 3 rings (SSSR count). The summed E-state index contributed by atoms with van der Waals surface area (Å²) in [6.07, 6.45) is 4.02. The number of benzene rings is 1. The molecule has 3 aromatic rings. The van der Waals surface area contributed by atoms with E-state index in [1.807, 2.05) is 0 Å². The van der Waals surface area contributed by atoms with Gasteiger partial charge in [0.1, 0.15) is 16.9 Å². The number of halogens is 2. The largest absolute Gasteiger partial charge is 0.451 e. The molecule has 0 bridgehead atoms. The summed E-state index contributed by atoms with van der Waals surface area (Å²) in [7, 11) is 1.55. The summed E-state index contributed by atoms with van der Waals surface area (Å²) in [5.41, 5.74) is 1.62. The van der Waals surface area contributed by atoms with Crippen LogP contribution >= 0.6 is 22.3 Å². The molecule has 0 amide bonds. The molecule has 98 valence electrons. The van der Waals surface area contributed by atoms with Crippen molar-refractivity contribution in [1.82, 2.24) is 9.97 Å². The number of aromatic amines is 1. The molecule has 0 spiro atoms. The summed E-state index contributed by atoms with van der Waals surface area (Å²) < 4.78 is 27.9. The van der Waals surface area contributed by atoms with Crippen molar-refractivity contribution in [1.29, 1.82) is 0 Å². The van der Waals surface area contributed by atoms with E-state index < -0.39 is 9.05 Å². The van der Waals surface area contributed by atoms with Crippen LogP contribution in [0.2, 0.25) is 5.02 Å². The quantitative estimate of drug-likeness (QED) is 0.735. The predicted octanol–water partition coefficient (Wildman–Crippen LogP) is 3.40. The number of rotatable bonds is 2. The number of hydrogen-bond acceptors (Lipinski definition) is 4. The van der Waals surface area contributed by atoms with Crippen molar-refractivity contribution >= 4 is 42.2 Å². The second-order valence-corrected chi connectivity index (χ2v) is 6.75.